The number of imide groups is 2. The van der Waals surface area contributed by atoms with Gasteiger partial charge in [0, 0.05) is 43.9 Å². The fraction of sp³-hybridized carbons (Fsp3) is 0.463. The van der Waals surface area contributed by atoms with Gasteiger partial charge < -0.3 is 40.0 Å². The summed E-state index contributed by atoms with van der Waals surface area (Å²) in [5.74, 6) is -1.03. The fourth-order valence-electron chi connectivity index (χ4n) is 8.04. The number of aromatic nitrogens is 2. The molecule has 1 aromatic heterocycles. The topological polar surface area (TPSA) is 214 Å². The highest BCUT2D eigenvalue weighted by molar-refractivity contribution is 6.25. The van der Waals surface area contributed by atoms with Crippen LogP contribution < -0.4 is 35.8 Å². The minimum absolute atomic E-state index is 0.0164. The lowest BCUT2D eigenvalue weighted by Crippen LogP contribution is -2.55. The molecule has 312 valence electrons. The molecule has 4 N–H and O–H groups in total. The summed E-state index contributed by atoms with van der Waals surface area (Å²) in [4.78, 5) is 90.4. The average Bonchev–Trinajstić information content (AvgIpc) is 3.50. The van der Waals surface area contributed by atoms with Crippen LogP contribution in [-0.4, -0.2) is 122 Å². The van der Waals surface area contributed by atoms with E-state index in [9.17, 15) is 28.8 Å². The molecular weight excluding hydrogens is 763 g/mol. The third kappa shape index (κ3) is 8.68. The predicted molar refractivity (Wildman–Crippen MR) is 216 cm³/mol. The second kappa shape index (κ2) is 18.2. The SMILES string of the molecule is COc1cc(C(=O)NCCOCCOCCNc2cccc3c2C(=O)N(C2CCC(=O)NC2=O)C3=O)ccc1Nc1ncc2c(n1)N(C1CCCCC1)[C@H](C)C(=O)N2C. The minimum Gasteiger partial charge on any atom is -0.495 e. The Hall–Kier alpha value is -6.14. The summed E-state index contributed by atoms with van der Waals surface area (Å²) in [6, 6.07) is 8.76. The molecule has 1 aliphatic carbocycles. The average molecular weight is 812 g/mol. The smallest absolute Gasteiger partial charge is 0.264 e. The molecule has 2 aromatic carbocycles. The monoisotopic (exact) mass is 811 g/mol. The van der Waals surface area contributed by atoms with Gasteiger partial charge in [-0.15, -0.1) is 0 Å². The maximum Gasteiger partial charge on any atom is 0.264 e. The standard InChI is InChI=1S/C41H49N9O9/c1-24-38(54)48(2)31-23-44-41(47-35(31)49(24)26-8-5-4-6-9-26)45-28-13-12-25(22-32(28)57-3)36(52)43-17-19-59-21-20-58-18-16-42-29-11-7-10-27-34(29)40(56)50(39(27)55)30-14-15-33(51)46-37(30)53/h7,10-13,22-24,26,30,42H,4-6,8-9,14-21H2,1-3H3,(H,43,52)(H,44,45,47)(H,46,51,53)/t24-,30?/m1/s1. The molecule has 4 aliphatic rings. The van der Waals surface area contributed by atoms with Crippen LogP contribution in [0.2, 0.25) is 0 Å². The van der Waals surface area contributed by atoms with Crippen LogP contribution in [0.4, 0.5) is 28.8 Å². The fourth-order valence-corrected chi connectivity index (χ4v) is 8.04. The van der Waals surface area contributed by atoms with Gasteiger partial charge in [-0.25, -0.2) is 4.98 Å². The minimum atomic E-state index is -1.04. The van der Waals surface area contributed by atoms with Crippen molar-refractivity contribution in [3.05, 3.63) is 59.3 Å². The van der Waals surface area contributed by atoms with Crippen molar-refractivity contribution >= 4 is 64.3 Å². The highest BCUT2D eigenvalue weighted by Gasteiger charge is 2.45. The van der Waals surface area contributed by atoms with Crippen LogP contribution in [0.15, 0.2) is 42.6 Å². The maximum atomic E-state index is 13.3. The maximum absolute atomic E-state index is 13.3. The van der Waals surface area contributed by atoms with Crippen molar-refractivity contribution in [2.45, 2.75) is 70.0 Å². The third-order valence-electron chi connectivity index (χ3n) is 11.1. The molecule has 0 radical (unpaired) electrons. The zero-order chi connectivity index (χ0) is 41.6. The third-order valence-corrected chi connectivity index (χ3v) is 11.1. The Morgan fingerprint density at radius 1 is 0.915 bits per heavy atom. The lowest BCUT2D eigenvalue weighted by Gasteiger charge is -2.44. The second-order valence-electron chi connectivity index (χ2n) is 14.8. The lowest BCUT2D eigenvalue weighted by molar-refractivity contribution is -0.136. The van der Waals surface area contributed by atoms with Crippen LogP contribution >= 0.6 is 0 Å². The zero-order valence-corrected chi connectivity index (χ0v) is 33.4. The molecule has 6 amide bonds. The molecule has 3 aliphatic heterocycles. The molecule has 1 saturated heterocycles. The Morgan fingerprint density at radius 2 is 1.68 bits per heavy atom. The molecule has 18 nitrogen and oxygen atoms in total. The molecule has 1 unspecified atom stereocenters. The molecule has 7 rings (SSSR count). The van der Waals surface area contributed by atoms with E-state index in [1.807, 2.05) is 6.92 Å². The van der Waals surface area contributed by atoms with Crippen molar-refractivity contribution in [1.29, 1.82) is 0 Å². The number of carbonyl (C=O) groups excluding carboxylic acids is 6. The number of benzene rings is 2. The number of ether oxygens (including phenoxy) is 3. The van der Waals surface area contributed by atoms with E-state index in [4.69, 9.17) is 19.2 Å². The summed E-state index contributed by atoms with van der Waals surface area (Å²) >= 11 is 0. The van der Waals surface area contributed by atoms with Gasteiger partial charge in [-0.3, -0.25) is 39.0 Å². The van der Waals surface area contributed by atoms with Gasteiger partial charge in [0.25, 0.3) is 17.7 Å². The van der Waals surface area contributed by atoms with Crippen molar-refractivity contribution in [2.24, 2.45) is 0 Å². The number of hydrogen-bond acceptors (Lipinski definition) is 14. The number of fused-ring (bicyclic) bond motifs is 2. The van der Waals surface area contributed by atoms with Crippen LogP contribution in [0, 0.1) is 0 Å². The van der Waals surface area contributed by atoms with E-state index >= 15 is 0 Å². The van der Waals surface area contributed by atoms with E-state index in [0.717, 1.165) is 36.4 Å². The van der Waals surface area contributed by atoms with Gasteiger partial charge >= 0.3 is 0 Å². The first-order chi connectivity index (χ1) is 28.6. The van der Waals surface area contributed by atoms with E-state index < -0.39 is 29.7 Å². The largest absolute Gasteiger partial charge is 0.495 e. The number of carbonyl (C=O) groups is 6. The van der Waals surface area contributed by atoms with Crippen molar-refractivity contribution in [1.82, 2.24) is 25.5 Å². The van der Waals surface area contributed by atoms with Crippen LogP contribution in [0.1, 0.15) is 82.9 Å². The Kier molecular flexibility index (Phi) is 12.7. The first-order valence-corrected chi connectivity index (χ1v) is 20.0. The van der Waals surface area contributed by atoms with Crippen LogP contribution in [0.25, 0.3) is 0 Å². The first kappa shape index (κ1) is 41.0. The van der Waals surface area contributed by atoms with Crippen LogP contribution in [-0.2, 0) is 23.9 Å². The summed E-state index contributed by atoms with van der Waals surface area (Å²) < 4.78 is 16.9. The zero-order valence-electron chi connectivity index (χ0n) is 33.4. The Bertz CT molecular complexity index is 2130. The molecule has 0 spiro atoms. The number of hydrogen-bond donors (Lipinski definition) is 4. The number of likely N-dealkylation sites (N-methyl/N-ethyl adjacent to an activating group) is 1. The summed E-state index contributed by atoms with van der Waals surface area (Å²) in [5, 5.41) is 11.4. The number of rotatable bonds is 16. The predicted octanol–water partition coefficient (Wildman–Crippen LogP) is 3.01. The molecular formula is C41H49N9O9. The van der Waals surface area contributed by atoms with Crippen molar-refractivity contribution in [3.8, 4) is 5.75 Å². The Labute approximate surface area is 341 Å². The highest BCUT2D eigenvalue weighted by Crippen LogP contribution is 2.39. The van der Waals surface area contributed by atoms with Crippen LogP contribution in [0.5, 0.6) is 5.75 Å². The molecule has 18 heteroatoms. The molecule has 2 atom stereocenters. The quantitative estimate of drug-likeness (QED) is 0.121. The summed E-state index contributed by atoms with van der Waals surface area (Å²) in [7, 11) is 3.27. The molecule has 2 fully saturated rings. The van der Waals surface area contributed by atoms with E-state index in [1.165, 1.54) is 19.6 Å². The highest BCUT2D eigenvalue weighted by atomic mass is 16.5. The van der Waals surface area contributed by atoms with Crippen LogP contribution in [0.3, 0.4) is 0 Å². The molecule has 4 heterocycles. The van der Waals surface area contributed by atoms with Gasteiger partial charge in [0.1, 0.15) is 23.5 Å². The number of nitrogens with one attached hydrogen (secondary N) is 4. The summed E-state index contributed by atoms with van der Waals surface area (Å²) in [6.07, 6.45) is 7.26. The number of amides is 6. The Balaban J connectivity index is 0.832. The first-order valence-electron chi connectivity index (χ1n) is 20.0. The molecule has 59 heavy (non-hydrogen) atoms. The number of piperidine rings is 1. The summed E-state index contributed by atoms with van der Waals surface area (Å²) in [5.41, 5.74) is 2.46. The Morgan fingerprint density at radius 3 is 2.42 bits per heavy atom. The molecule has 1 saturated carbocycles. The summed E-state index contributed by atoms with van der Waals surface area (Å²) in [6.45, 7) is 3.64. The van der Waals surface area contributed by atoms with E-state index in [-0.39, 0.29) is 80.8 Å². The number of nitrogens with zero attached hydrogens (tertiary/aromatic N) is 5. The molecule has 0 bridgehead atoms. The number of anilines is 5. The van der Waals surface area contributed by atoms with Gasteiger partial charge in [-0.2, -0.15) is 4.98 Å². The molecule has 3 aromatic rings. The second-order valence-corrected chi connectivity index (χ2v) is 14.8. The van der Waals surface area contributed by atoms with Gasteiger partial charge in [0.05, 0.1) is 56.5 Å². The van der Waals surface area contributed by atoms with E-state index in [0.29, 0.717) is 40.9 Å². The van der Waals surface area contributed by atoms with Gasteiger partial charge in [-0.1, -0.05) is 25.3 Å². The van der Waals surface area contributed by atoms with Gasteiger partial charge in [0.2, 0.25) is 23.7 Å². The van der Waals surface area contributed by atoms with Crippen molar-refractivity contribution in [2.75, 3.05) is 74.1 Å². The normalized spacial score (nSPS) is 19.4. The van der Waals surface area contributed by atoms with E-state index in [1.54, 1.807) is 48.5 Å². The number of methoxy groups -OCH3 is 1. The lowest BCUT2D eigenvalue weighted by atomic mass is 9.92. The van der Waals surface area contributed by atoms with Gasteiger partial charge in [0.15, 0.2) is 5.82 Å². The van der Waals surface area contributed by atoms with E-state index in [2.05, 4.69) is 31.2 Å². The van der Waals surface area contributed by atoms with Gasteiger partial charge in [-0.05, 0) is 56.5 Å². The van der Waals surface area contributed by atoms with Crippen molar-refractivity contribution in [3.63, 3.8) is 0 Å². The van der Waals surface area contributed by atoms with Crippen molar-refractivity contribution < 1.29 is 43.0 Å².